The van der Waals surface area contributed by atoms with Crippen LogP contribution in [0.5, 0.6) is 0 Å². The van der Waals surface area contributed by atoms with Crippen LogP contribution in [-0.2, 0) is 4.79 Å². The van der Waals surface area contributed by atoms with Crippen molar-refractivity contribution in [2.24, 2.45) is 5.92 Å². The lowest BCUT2D eigenvalue weighted by Gasteiger charge is -2.37. The minimum absolute atomic E-state index is 0. The van der Waals surface area contributed by atoms with Gasteiger partial charge in [0.2, 0.25) is 5.91 Å². The van der Waals surface area contributed by atoms with Gasteiger partial charge in [-0.2, -0.15) is 0 Å². The van der Waals surface area contributed by atoms with Crippen molar-refractivity contribution in [1.29, 1.82) is 0 Å². The molecule has 1 N–H and O–H groups in total. The molecular formula is C16H28ClN3O3. The maximum Gasteiger partial charge on any atom is 0.407 e. The lowest BCUT2D eigenvalue weighted by Crippen LogP contribution is -2.47. The van der Waals surface area contributed by atoms with Crippen LogP contribution in [0.2, 0.25) is 0 Å². The van der Waals surface area contributed by atoms with Crippen molar-refractivity contribution in [3.63, 3.8) is 0 Å². The Bertz CT molecular complexity index is 442. The zero-order valence-corrected chi connectivity index (χ0v) is 14.8. The number of hydrogen-bond donors (Lipinski definition) is 1. The van der Waals surface area contributed by atoms with E-state index in [9.17, 15) is 14.7 Å². The van der Waals surface area contributed by atoms with Crippen molar-refractivity contribution in [2.45, 2.75) is 31.7 Å². The van der Waals surface area contributed by atoms with Gasteiger partial charge in [-0.1, -0.05) is 6.08 Å². The van der Waals surface area contributed by atoms with E-state index in [1.165, 1.54) is 0 Å². The van der Waals surface area contributed by atoms with E-state index in [2.05, 4.69) is 0 Å². The number of amides is 2. The molecule has 0 aromatic heterocycles. The number of carbonyl (C=O) groups excluding carboxylic acids is 1. The Balaban J connectivity index is 0.00000264. The average Bonchev–Trinajstić information content (AvgIpc) is 2.96. The molecular weight excluding hydrogens is 318 g/mol. The number of hydrogen-bond acceptors (Lipinski definition) is 3. The molecule has 1 unspecified atom stereocenters. The number of likely N-dealkylation sites (tertiary alicyclic amines) is 2. The highest BCUT2D eigenvalue weighted by molar-refractivity contribution is 5.87. The molecule has 0 spiro atoms. The number of nitrogens with zero attached hydrogens (tertiary/aromatic N) is 3. The fourth-order valence-electron chi connectivity index (χ4n) is 3.46. The summed E-state index contributed by atoms with van der Waals surface area (Å²) in [7, 11) is 3.93. The van der Waals surface area contributed by atoms with Gasteiger partial charge in [-0.25, -0.2) is 4.79 Å². The summed E-state index contributed by atoms with van der Waals surface area (Å²) in [4.78, 5) is 29.0. The predicted molar refractivity (Wildman–Crippen MR) is 92.0 cm³/mol. The Kier molecular flexibility index (Phi) is 7.85. The third kappa shape index (κ3) is 5.39. The third-order valence-electron chi connectivity index (χ3n) is 4.61. The van der Waals surface area contributed by atoms with Crippen molar-refractivity contribution in [1.82, 2.24) is 14.7 Å². The maximum absolute atomic E-state index is 12.2. The number of likely N-dealkylation sites (N-methyl/N-ethyl adjacent to an activating group) is 1. The predicted octanol–water partition coefficient (Wildman–Crippen LogP) is 1.91. The number of carbonyl (C=O) groups is 2. The quantitative estimate of drug-likeness (QED) is 0.790. The molecule has 2 atom stereocenters. The van der Waals surface area contributed by atoms with Gasteiger partial charge in [0, 0.05) is 38.3 Å². The molecule has 2 fully saturated rings. The Labute approximate surface area is 144 Å². The normalized spacial score (nSPS) is 25.0. The van der Waals surface area contributed by atoms with Crippen LogP contribution in [0.15, 0.2) is 12.2 Å². The molecule has 0 saturated carbocycles. The van der Waals surface area contributed by atoms with E-state index in [1.807, 2.05) is 30.0 Å². The van der Waals surface area contributed by atoms with Gasteiger partial charge in [0.05, 0.1) is 0 Å². The summed E-state index contributed by atoms with van der Waals surface area (Å²) in [5.74, 6) is 0.324. The zero-order valence-electron chi connectivity index (χ0n) is 14.0. The average molecular weight is 346 g/mol. The molecule has 132 valence electrons. The fraction of sp³-hybridized carbons (Fsp3) is 0.750. The van der Waals surface area contributed by atoms with E-state index in [1.54, 1.807) is 11.0 Å². The SMILES string of the molecule is CN(C)C/C=C/C(=O)N1CC[C@H](C2CCCCN2C(=O)O)C1.Cl. The van der Waals surface area contributed by atoms with Gasteiger partial charge < -0.3 is 19.8 Å². The van der Waals surface area contributed by atoms with E-state index < -0.39 is 6.09 Å². The van der Waals surface area contributed by atoms with Crippen LogP contribution in [0.4, 0.5) is 4.79 Å². The molecule has 7 heteroatoms. The first kappa shape index (κ1) is 19.8. The lowest BCUT2D eigenvalue weighted by molar-refractivity contribution is -0.125. The smallest absolute Gasteiger partial charge is 0.407 e. The summed E-state index contributed by atoms with van der Waals surface area (Å²) in [6.07, 6.45) is 6.56. The highest BCUT2D eigenvalue weighted by Gasteiger charge is 2.37. The topological polar surface area (TPSA) is 64.1 Å². The molecule has 2 aliphatic heterocycles. The van der Waals surface area contributed by atoms with Crippen molar-refractivity contribution >= 4 is 24.4 Å². The Morgan fingerprint density at radius 3 is 2.61 bits per heavy atom. The van der Waals surface area contributed by atoms with Gasteiger partial charge in [0.15, 0.2) is 0 Å². The summed E-state index contributed by atoms with van der Waals surface area (Å²) in [5.41, 5.74) is 0. The highest BCUT2D eigenvalue weighted by atomic mass is 35.5. The molecule has 0 aromatic rings. The summed E-state index contributed by atoms with van der Waals surface area (Å²) >= 11 is 0. The first-order chi connectivity index (χ1) is 10.5. The number of piperidine rings is 1. The van der Waals surface area contributed by atoms with Crippen LogP contribution >= 0.6 is 12.4 Å². The van der Waals surface area contributed by atoms with E-state index in [4.69, 9.17) is 0 Å². The van der Waals surface area contributed by atoms with Crippen molar-refractivity contribution in [3.05, 3.63) is 12.2 Å². The van der Waals surface area contributed by atoms with Crippen LogP contribution in [0.25, 0.3) is 0 Å². The van der Waals surface area contributed by atoms with Crippen LogP contribution in [-0.4, -0.2) is 78.1 Å². The van der Waals surface area contributed by atoms with Crippen molar-refractivity contribution in [3.8, 4) is 0 Å². The number of halogens is 1. The van der Waals surface area contributed by atoms with Crippen molar-refractivity contribution < 1.29 is 14.7 Å². The molecule has 2 saturated heterocycles. The molecule has 23 heavy (non-hydrogen) atoms. The van der Waals surface area contributed by atoms with E-state index in [0.29, 0.717) is 13.1 Å². The van der Waals surface area contributed by atoms with Gasteiger partial charge in [0.1, 0.15) is 0 Å². The van der Waals surface area contributed by atoms with Gasteiger partial charge in [-0.3, -0.25) is 4.79 Å². The second-order valence-corrected chi connectivity index (χ2v) is 6.54. The molecule has 2 heterocycles. The Morgan fingerprint density at radius 1 is 1.22 bits per heavy atom. The first-order valence-electron chi connectivity index (χ1n) is 8.08. The molecule has 0 aliphatic carbocycles. The monoisotopic (exact) mass is 345 g/mol. The molecule has 0 radical (unpaired) electrons. The number of carboxylic acid groups (broad SMARTS) is 1. The molecule has 0 bridgehead atoms. The minimum Gasteiger partial charge on any atom is -0.465 e. The molecule has 6 nitrogen and oxygen atoms in total. The summed E-state index contributed by atoms with van der Waals surface area (Å²) in [5, 5.41) is 9.34. The van der Waals surface area contributed by atoms with E-state index >= 15 is 0 Å². The fourth-order valence-corrected chi connectivity index (χ4v) is 3.46. The van der Waals surface area contributed by atoms with Gasteiger partial charge in [-0.15, -0.1) is 12.4 Å². The lowest BCUT2D eigenvalue weighted by atomic mass is 9.90. The van der Waals surface area contributed by atoms with Gasteiger partial charge >= 0.3 is 6.09 Å². The van der Waals surface area contributed by atoms with E-state index in [0.717, 1.165) is 38.8 Å². The van der Waals surface area contributed by atoms with Gasteiger partial charge in [-0.05, 0) is 45.7 Å². The van der Waals surface area contributed by atoms with Crippen molar-refractivity contribution in [2.75, 3.05) is 40.3 Å². The highest BCUT2D eigenvalue weighted by Crippen LogP contribution is 2.30. The standard InChI is InChI=1S/C16H27N3O3.ClH/c1-17(2)9-5-7-15(20)18-11-8-13(12-18)14-6-3-4-10-19(14)16(21)22;/h5,7,13-14H,3-4,6,8-12H2,1-2H3,(H,21,22);1H/b7-5+;/t13-,14?;/m0./s1. The minimum atomic E-state index is -0.819. The summed E-state index contributed by atoms with van der Waals surface area (Å²) < 4.78 is 0. The van der Waals surface area contributed by atoms with Crippen LogP contribution in [0.1, 0.15) is 25.7 Å². The van der Waals surface area contributed by atoms with Gasteiger partial charge in [0.25, 0.3) is 0 Å². The zero-order chi connectivity index (χ0) is 16.1. The Hall–Kier alpha value is -1.27. The number of rotatable bonds is 4. The second-order valence-electron chi connectivity index (χ2n) is 6.54. The molecule has 2 rings (SSSR count). The first-order valence-corrected chi connectivity index (χ1v) is 8.08. The largest absolute Gasteiger partial charge is 0.465 e. The molecule has 0 aromatic carbocycles. The van der Waals surface area contributed by atoms with Crippen LogP contribution < -0.4 is 0 Å². The van der Waals surface area contributed by atoms with Crippen LogP contribution in [0.3, 0.4) is 0 Å². The van der Waals surface area contributed by atoms with Crippen LogP contribution in [0, 0.1) is 5.92 Å². The molecule has 2 aliphatic rings. The Morgan fingerprint density at radius 2 is 1.96 bits per heavy atom. The maximum atomic E-state index is 12.2. The summed E-state index contributed by atoms with van der Waals surface area (Å²) in [6.45, 7) is 2.80. The molecule has 2 amide bonds. The summed E-state index contributed by atoms with van der Waals surface area (Å²) in [6, 6.07) is 0.0785. The third-order valence-corrected chi connectivity index (χ3v) is 4.61. The second kappa shape index (κ2) is 9.13. The van der Waals surface area contributed by atoms with E-state index in [-0.39, 0.29) is 30.3 Å².